The first-order valence-electron chi connectivity index (χ1n) is 5.55. The standard InChI is InChI=1S/C12H17N3O2/c1-3-14-11(16)8-5-9(7-10(13)6-8)12(17)15-4-2/h5-7H,3-4,13H2,1-2H3,(H,14,16)(H,15,17). The number of hydrogen-bond acceptors (Lipinski definition) is 3. The van der Waals surface area contributed by atoms with Crippen LogP contribution in [-0.2, 0) is 0 Å². The Kier molecular flexibility index (Phi) is 4.51. The normalized spacial score (nSPS) is 9.76. The Balaban J connectivity index is 3.01. The molecule has 0 bridgehead atoms. The number of nitrogens with two attached hydrogens (primary N) is 1. The first kappa shape index (κ1) is 13.0. The summed E-state index contributed by atoms with van der Waals surface area (Å²) in [4.78, 5) is 23.3. The van der Waals surface area contributed by atoms with Crippen LogP contribution in [0.5, 0.6) is 0 Å². The second-order valence-electron chi connectivity index (χ2n) is 3.56. The summed E-state index contributed by atoms with van der Waals surface area (Å²) in [5.74, 6) is -0.462. The number of amides is 2. The van der Waals surface area contributed by atoms with E-state index in [0.29, 0.717) is 29.9 Å². The van der Waals surface area contributed by atoms with Crippen molar-refractivity contribution in [3.63, 3.8) is 0 Å². The number of benzene rings is 1. The Morgan fingerprint density at radius 3 is 1.76 bits per heavy atom. The molecule has 0 saturated carbocycles. The van der Waals surface area contributed by atoms with Gasteiger partial charge in [0.05, 0.1) is 0 Å². The summed E-state index contributed by atoms with van der Waals surface area (Å²) in [6.45, 7) is 4.72. The molecule has 92 valence electrons. The van der Waals surface area contributed by atoms with E-state index < -0.39 is 0 Å². The smallest absolute Gasteiger partial charge is 0.251 e. The zero-order chi connectivity index (χ0) is 12.8. The molecule has 5 heteroatoms. The van der Waals surface area contributed by atoms with E-state index in [1.54, 1.807) is 12.1 Å². The average Bonchev–Trinajstić information content (AvgIpc) is 2.29. The third-order valence-corrected chi connectivity index (χ3v) is 2.15. The lowest BCUT2D eigenvalue weighted by atomic mass is 10.1. The molecule has 0 saturated heterocycles. The van der Waals surface area contributed by atoms with Crippen LogP contribution in [0.25, 0.3) is 0 Å². The van der Waals surface area contributed by atoms with Crippen molar-refractivity contribution in [2.75, 3.05) is 18.8 Å². The van der Waals surface area contributed by atoms with Gasteiger partial charge in [0.1, 0.15) is 0 Å². The summed E-state index contributed by atoms with van der Waals surface area (Å²) in [5, 5.41) is 5.32. The molecule has 2 amide bonds. The molecule has 0 fully saturated rings. The highest BCUT2D eigenvalue weighted by Crippen LogP contribution is 2.12. The average molecular weight is 235 g/mol. The van der Waals surface area contributed by atoms with Crippen molar-refractivity contribution >= 4 is 17.5 Å². The molecule has 0 aromatic heterocycles. The maximum absolute atomic E-state index is 11.6. The molecule has 0 unspecified atom stereocenters. The molecule has 0 spiro atoms. The Labute approximate surface area is 100 Å². The highest BCUT2D eigenvalue weighted by molar-refractivity contribution is 6.00. The minimum absolute atomic E-state index is 0.231. The van der Waals surface area contributed by atoms with Crippen LogP contribution >= 0.6 is 0 Å². The van der Waals surface area contributed by atoms with Gasteiger partial charge in [-0.3, -0.25) is 9.59 Å². The molecule has 0 atom stereocenters. The van der Waals surface area contributed by atoms with Crippen LogP contribution < -0.4 is 16.4 Å². The molecule has 0 aliphatic carbocycles. The maximum Gasteiger partial charge on any atom is 0.251 e. The van der Waals surface area contributed by atoms with E-state index in [4.69, 9.17) is 5.73 Å². The molecule has 5 nitrogen and oxygen atoms in total. The third-order valence-electron chi connectivity index (χ3n) is 2.15. The van der Waals surface area contributed by atoms with Gasteiger partial charge >= 0.3 is 0 Å². The number of carbonyl (C=O) groups is 2. The van der Waals surface area contributed by atoms with Gasteiger partial charge in [0, 0.05) is 29.9 Å². The minimum atomic E-state index is -0.231. The van der Waals surface area contributed by atoms with Gasteiger partial charge in [-0.25, -0.2) is 0 Å². The zero-order valence-corrected chi connectivity index (χ0v) is 10.0. The van der Waals surface area contributed by atoms with E-state index in [1.165, 1.54) is 6.07 Å². The first-order valence-corrected chi connectivity index (χ1v) is 5.55. The van der Waals surface area contributed by atoms with E-state index in [0.717, 1.165) is 0 Å². The molecule has 17 heavy (non-hydrogen) atoms. The van der Waals surface area contributed by atoms with Crippen molar-refractivity contribution in [1.29, 1.82) is 0 Å². The van der Waals surface area contributed by atoms with Gasteiger partial charge in [-0.15, -0.1) is 0 Å². The SMILES string of the molecule is CCNC(=O)c1cc(N)cc(C(=O)NCC)c1. The number of nitrogens with one attached hydrogen (secondary N) is 2. The summed E-state index contributed by atoms with van der Waals surface area (Å²) in [7, 11) is 0. The summed E-state index contributed by atoms with van der Waals surface area (Å²) in [5.41, 5.74) is 6.86. The Morgan fingerprint density at radius 2 is 1.41 bits per heavy atom. The number of hydrogen-bond donors (Lipinski definition) is 3. The quantitative estimate of drug-likeness (QED) is 0.674. The number of nitrogen functional groups attached to an aromatic ring is 1. The molecular weight excluding hydrogens is 218 g/mol. The van der Waals surface area contributed by atoms with Crippen LogP contribution in [0.15, 0.2) is 18.2 Å². The van der Waals surface area contributed by atoms with Gasteiger partial charge in [-0.1, -0.05) is 0 Å². The second-order valence-corrected chi connectivity index (χ2v) is 3.56. The van der Waals surface area contributed by atoms with Crippen LogP contribution in [0.4, 0.5) is 5.69 Å². The van der Waals surface area contributed by atoms with Crippen LogP contribution in [0.1, 0.15) is 34.6 Å². The molecule has 0 heterocycles. The van der Waals surface area contributed by atoms with Crippen molar-refractivity contribution < 1.29 is 9.59 Å². The lowest BCUT2D eigenvalue weighted by molar-refractivity contribution is 0.0955. The second kappa shape index (κ2) is 5.89. The van der Waals surface area contributed by atoms with Gasteiger partial charge in [0.2, 0.25) is 0 Å². The lowest BCUT2D eigenvalue weighted by Gasteiger charge is -2.07. The van der Waals surface area contributed by atoms with Crippen LogP contribution in [0, 0.1) is 0 Å². The topological polar surface area (TPSA) is 84.2 Å². The Bertz CT molecular complexity index is 394. The summed E-state index contributed by atoms with van der Waals surface area (Å²) in [6, 6.07) is 4.63. The molecule has 0 radical (unpaired) electrons. The van der Waals surface area contributed by atoms with Gasteiger partial charge < -0.3 is 16.4 Å². The monoisotopic (exact) mass is 235 g/mol. The van der Waals surface area contributed by atoms with E-state index in [1.807, 2.05) is 13.8 Å². The van der Waals surface area contributed by atoms with Crippen molar-refractivity contribution in [3.05, 3.63) is 29.3 Å². The fourth-order valence-corrected chi connectivity index (χ4v) is 1.44. The predicted octanol–water partition coefficient (Wildman–Crippen LogP) is 0.768. The number of rotatable bonds is 4. The van der Waals surface area contributed by atoms with Gasteiger partial charge in [0.15, 0.2) is 0 Å². The summed E-state index contributed by atoms with van der Waals surface area (Å²) < 4.78 is 0. The fraction of sp³-hybridized carbons (Fsp3) is 0.333. The van der Waals surface area contributed by atoms with Crippen LogP contribution in [0.2, 0.25) is 0 Å². The molecule has 1 rings (SSSR count). The molecule has 0 aliphatic rings. The maximum atomic E-state index is 11.6. The first-order chi connectivity index (χ1) is 8.08. The van der Waals surface area contributed by atoms with Crippen molar-refractivity contribution in [2.45, 2.75) is 13.8 Å². The highest BCUT2D eigenvalue weighted by Gasteiger charge is 2.10. The van der Waals surface area contributed by atoms with Crippen molar-refractivity contribution in [1.82, 2.24) is 10.6 Å². The summed E-state index contributed by atoms with van der Waals surface area (Å²) in [6.07, 6.45) is 0. The van der Waals surface area contributed by atoms with Crippen molar-refractivity contribution in [3.8, 4) is 0 Å². The lowest BCUT2D eigenvalue weighted by Crippen LogP contribution is -2.25. The molecule has 4 N–H and O–H groups in total. The van der Waals surface area contributed by atoms with E-state index in [9.17, 15) is 9.59 Å². The highest BCUT2D eigenvalue weighted by atomic mass is 16.2. The predicted molar refractivity (Wildman–Crippen MR) is 66.9 cm³/mol. The molecular formula is C12H17N3O2. The minimum Gasteiger partial charge on any atom is -0.399 e. The van der Waals surface area contributed by atoms with Gasteiger partial charge in [-0.2, -0.15) is 0 Å². The zero-order valence-electron chi connectivity index (χ0n) is 10.0. The summed E-state index contributed by atoms with van der Waals surface area (Å²) >= 11 is 0. The van der Waals surface area contributed by atoms with E-state index in [2.05, 4.69) is 10.6 Å². The molecule has 1 aromatic rings. The number of anilines is 1. The molecule has 0 aliphatic heterocycles. The van der Waals surface area contributed by atoms with Gasteiger partial charge in [0.25, 0.3) is 11.8 Å². The van der Waals surface area contributed by atoms with E-state index >= 15 is 0 Å². The fourth-order valence-electron chi connectivity index (χ4n) is 1.44. The Hall–Kier alpha value is -2.04. The van der Waals surface area contributed by atoms with E-state index in [-0.39, 0.29) is 11.8 Å². The van der Waals surface area contributed by atoms with Gasteiger partial charge in [-0.05, 0) is 32.0 Å². The van der Waals surface area contributed by atoms with Crippen LogP contribution in [-0.4, -0.2) is 24.9 Å². The Morgan fingerprint density at radius 1 is 1.00 bits per heavy atom. The largest absolute Gasteiger partial charge is 0.399 e. The van der Waals surface area contributed by atoms with Crippen LogP contribution in [0.3, 0.4) is 0 Å². The third kappa shape index (κ3) is 3.48. The molecule has 1 aromatic carbocycles. The van der Waals surface area contributed by atoms with Crippen molar-refractivity contribution in [2.24, 2.45) is 0 Å². The number of carbonyl (C=O) groups excluding carboxylic acids is 2.